The largest absolute Gasteiger partial charge is 0.334 e. The van der Waals surface area contributed by atoms with Gasteiger partial charge in [0.2, 0.25) is 0 Å². The van der Waals surface area contributed by atoms with Crippen LogP contribution in [0.1, 0.15) is 45.5 Å². The topological polar surface area (TPSA) is 38.1 Å². The van der Waals surface area contributed by atoms with Gasteiger partial charge in [-0.15, -0.1) is 0 Å². The van der Waals surface area contributed by atoms with Crippen molar-refractivity contribution in [1.29, 1.82) is 0 Å². The molecule has 1 saturated heterocycles. The molecule has 1 aromatic carbocycles. The van der Waals surface area contributed by atoms with E-state index in [0.29, 0.717) is 0 Å². The first-order chi connectivity index (χ1) is 11.0. The molecular weight excluding hydrogens is 286 g/mol. The van der Waals surface area contributed by atoms with E-state index >= 15 is 0 Å². The van der Waals surface area contributed by atoms with Crippen molar-refractivity contribution >= 4 is 5.91 Å². The van der Waals surface area contributed by atoms with Crippen LogP contribution in [0.15, 0.2) is 24.5 Å². The van der Waals surface area contributed by atoms with E-state index in [4.69, 9.17) is 0 Å². The quantitative estimate of drug-likeness (QED) is 0.871. The number of aryl methyl sites for hydroxylation is 2. The number of carbonyl (C=O) groups excluding carboxylic acids is 1. The first kappa shape index (κ1) is 15.8. The maximum absolute atomic E-state index is 13.2. The van der Waals surface area contributed by atoms with Crippen LogP contribution in [0.3, 0.4) is 0 Å². The first-order valence-corrected chi connectivity index (χ1v) is 8.35. The Morgan fingerprint density at radius 1 is 1.22 bits per heavy atom. The molecule has 1 aromatic heterocycles. The molecular formula is C19H25N3O. The molecule has 4 nitrogen and oxygen atoms in total. The molecule has 0 unspecified atom stereocenters. The summed E-state index contributed by atoms with van der Waals surface area (Å²) >= 11 is 0. The minimum absolute atomic E-state index is 0.182. The van der Waals surface area contributed by atoms with Crippen molar-refractivity contribution in [2.45, 2.75) is 53.1 Å². The summed E-state index contributed by atoms with van der Waals surface area (Å²) in [5.74, 6) is 0.182. The van der Waals surface area contributed by atoms with Crippen molar-refractivity contribution < 1.29 is 4.79 Å². The molecule has 122 valence electrons. The molecule has 3 rings (SSSR count). The lowest BCUT2D eigenvalue weighted by atomic mass is 9.93. The van der Waals surface area contributed by atoms with Crippen molar-refractivity contribution in [3.63, 3.8) is 0 Å². The minimum Gasteiger partial charge on any atom is -0.334 e. The third kappa shape index (κ3) is 2.90. The Balaban J connectivity index is 1.90. The molecule has 1 atom stereocenters. The molecule has 1 amide bonds. The van der Waals surface area contributed by atoms with Crippen molar-refractivity contribution in [3.05, 3.63) is 52.3 Å². The summed E-state index contributed by atoms with van der Waals surface area (Å²) in [7, 11) is 0. The molecule has 2 aromatic rings. The van der Waals surface area contributed by atoms with E-state index < -0.39 is 0 Å². The summed E-state index contributed by atoms with van der Waals surface area (Å²) in [5.41, 5.74) is 5.51. The van der Waals surface area contributed by atoms with E-state index in [1.54, 1.807) is 6.20 Å². The van der Waals surface area contributed by atoms with Crippen LogP contribution in [0.25, 0.3) is 0 Å². The number of rotatable bonds is 3. The van der Waals surface area contributed by atoms with E-state index in [1.807, 2.05) is 16.9 Å². The number of nitrogens with zero attached hydrogens (tertiary/aromatic N) is 3. The fourth-order valence-electron chi connectivity index (χ4n) is 3.60. The summed E-state index contributed by atoms with van der Waals surface area (Å²) in [6.07, 6.45) is 5.88. The zero-order valence-electron chi connectivity index (χ0n) is 14.5. The van der Waals surface area contributed by atoms with Crippen LogP contribution in [0.2, 0.25) is 0 Å². The Bertz CT molecular complexity index is 692. The molecule has 1 aliphatic heterocycles. The van der Waals surface area contributed by atoms with Gasteiger partial charge in [0, 0.05) is 24.5 Å². The Hall–Kier alpha value is -2.10. The number of benzene rings is 1. The van der Waals surface area contributed by atoms with Crippen LogP contribution in [-0.2, 0) is 6.54 Å². The molecule has 0 bridgehead atoms. The minimum atomic E-state index is 0.182. The average Bonchev–Trinajstić information content (AvgIpc) is 3.17. The van der Waals surface area contributed by atoms with Gasteiger partial charge in [-0.3, -0.25) is 9.48 Å². The number of aromatic nitrogens is 2. The van der Waals surface area contributed by atoms with E-state index in [-0.39, 0.29) is 11.9 Å². The average molecular weight is 311 g/mol. The van der Waals surface area contributed by atoms with Crippen LogP contribution in [0, 0.1) is 27.7 Å². The fraction of sp³-hybridized carbons (Fsp3) is 0.474. The second-order valence-corrected chi connectivity index (χ2v) is 6.66. The van der Waals surface area contributed by atoms with Crippen LogP contribution in [0.4, 0.5) is 0 Å². The summed E-state index contributed by atoms with van der Waals surface area (Å²) in [6.45, 7) is 9.92. The SMILES string of the molecule is Cc1cc(C)c(C)c(C(=O)N2CCC[C@@H]2Cn2cccn2)c1C. The lowest BCUT2D eigenvalue weighted by molar-refractivity contribution is 0.0720. The number of amides is 1. The molecule has 1 aliphatic rings. The lowest BCUT2D eigenvalue weighted by Gasteiger charge is -2.27. The molecule has 0 saturated carbocycles. The predicted molar refractivity (Wildman–Crippen MR) is 91.7 cm³/mol. The van der Waals surface area contributed by atoms with E-state index in [2.05, 4.69) is 43.8 Å². The summed E-state index contributed by atoms with van der Waals surface area (Å²) in [6, 6.07) is 4.34. The maximum atomic E-state index is 13.2. The maximum Gasteiger partial charge on any atom is 0.254 e. The van der Waals surface area contributed by atoms with Gasteiger partial charge in [-0.1, -0.05) is 6.07 Å². The molecule has 0 aliphatic carbocycles. The van der Waals surface area contributed by atoms with Crippen LogP contribution < -0.4 is 0 Å². The normalized spacial score (nSPS) is 17.7. The van der Waals surface area contributed by atoms with Gasteiger partial charge in [-0.05, 0) is 68.9 Å². The highest BCUT2D eigenvalue weighted by atomic mass is 16.2. The van der Waals surface area contributed by atoms with Gasteiger partial charge in [0.25, 0.3) is 5.91 Å². The van der Waals surface area contributed by atoms with E-state index in [9.17, 15) is 4.79 Å². The number of hydrogen-bond donors (Lipinski definition) is 0. The lowest BCUT2D eigenvalue weighted by Crippen LogP contribution is -2.39. The van der Waals surface area contributed by atoms with Gasteiger partial charge in [0.1, 0.15) is 0 Å². The monoisotopic (exact) mass is 311 g/mol. The Labute approximate surface area is 138 Å². The van der Waals surface area contributed by atoms with Crippen molar-refractivity contribution in [2.75, 3.05) is 6.54 Å². The standard InChI is InChI=1S/C19H25N3O/c1-13-11-14(2)16(4)18(15(13)3)19(23)22-10-5-7-17(22)12-21-9-6-8-20-21/h6,8-9,11,17H,5,7,10,12H2,1-4H3/t17-/m1/s1. The van der Waals surface area contributed by atoms with Crippen LogP contribution in [-0.4, -0.2) is 33.2 Å². The summed E-state index contributed by atoms with van der Waals surface area (Å²) in [4.78, 5) is 15.3. The zero-order chi connectivity index (χ0) is 16.6. The summed E-state index contributed by atoms with van der Waals surface area (Å²) in [5, 5.41) is 4.29. The predicted octanol–water partition coefficient (Wildman–Crippen LogP) is 3.42. The smallest absolute Gasteiger partial charge is 0.254 e. The third-order valence-corrected chi connectivity index (χ3v) is 5.17. The van der Waals surface area contributed by atoms with Gasteiger partial charge in [-0.25, -0.2) is 0 Å². The summed E-state index contributed by atoms with van der Waals surface area (Å²) < 4.78 is 1.93. The first-order valence-electron chi connectivity index (χ1n) is 8.35. The van der Waals surface area contributed by atoms with Gasteiger partial charge >= 0.3 is 0 Å². The van der Waals surface area contributed by atoms with Gasteiger partial charge in [0.15, 0.2) is 0 Å². The highest BCUT2D eigenvalue weighted by Crippen LogP contribution is 2.27. The molecule has 23 heavy (non-hydrogen) atoms. The second kappa shape index (κ2) is 6.19. The van der Waals surface area contributed by atoms with Crippen LogP contribution in [0.5, 0.6) is 0 Å². The highest BCUT2D eigenvalue weighted by Gasteiger charge is 2.31. The fourth-order valence-corrected chi connectivity index (χ4v) is 3.60. The molecule has 0 N–H and O–H groups in total. The molecule has 1 fully saturated rings. The molecule has 2 heterocycles. The van der Waals surface area contributed by atoms with Gasteiger partial charge < -0.3 is 4.90 Å². The van der Waals surface area contributed by atoms with E-state index in [0.717, 1.165) is 42.6 Å². The third-order valence-electron chi connectivity index (χ3n) is 5.17. The Morgan fingerprint density at radius 2 is 1.91 bits per heavy atom. The van der Waals surface area contributed by atoms with Crippen molar-refractivity contribution in [3.8, 4) is 0 Å². The Morgan fingerprint density at radius 3 is 2.52 bits per heavy atom. The highest BCUT2D eigenvalue weighted by molar-refractivity contribution is 5.98. The van der Waals surface area contributed by atoms with E-state index in [1.165, 1.54) is 11.1 Å². The number of hydrogen-bond acceptors (Lipinski definition) is 2. The van der Waals surface area contributed by atoms with Crippen molar-refractivity contribution in [1.82, 2.24) is 14.7 Å². The Kier molecular flexibility index (Phi) is 4.24. The second-order valence-electron chi connectivity index (χ2n) is 6.66. The number of carbonyl (C=O) groups is 1. The molecule has 0 radical (unpaired) electrons. The van der Waals surface area contributed by atoms with Crippen molar-refractivity contribution in [2.24, 2.45) is 0 Å². The number of likely N-dealkylation sites (tertiary alicyclic amines) is 1. The molecule has 0 spiro atoms. The zero-order valence-corrected chi connectivity index (χ0v) is 14.5. The van der Waals surface area contributed by atoms with Gasteiger partial charge in [-0.2, -0.15) is 5.10 Å². The van der Waals surface area contributed by atoms with Gasteiger partial charge in [0.05, 0.1) is 12.6 Å². The molecule has 4 heteroatoms. The van der Waals surface area contributed by atoms with Crippen LogP contribution >= 0.6 is 0 Å².